The summed E-state index contributed by atoms with van der Waals surface area (Å²) >= 11 is 0. The molecule has 5 nitrogen and oxygen atoms in total. The van der Waals surface area contributed by atoms with Crippen molar-refractivity contribution < 1.29 is 27.5 Å². The van der Waals surface area contributed by atoms with E-state index in [2.05, 4.69) is 10.3 Å². The first-order chi connectivity index (χ1) is 16.0. The summed E-state index contributed by atoms with van der Waals surface area (Å²) in [7, 11) is 0. The predicted octanol–water partition coefficient (Wildman–Crippen LogP) is 5.42. The fourth-order valence-electron chi connectivity index (χ4n) is 3.47. The molecule has 0 fully saturated rings. The Morgan fingerprint density at radius 2 is 1.68 bits per heavy atom. The lowest BCUT2D eigenvalue weighted by Gasteiger charge is -2.24. The van der Waals surface area contributed by atoms with Crippen molar-refractivity contribution >= 4 is 11.9 Å². The largest absolute Gasteiger partial charge is 0.447 e. The van der Waals surface area contributed by atoms with Crippen molar-refractivity contribution in [3.63, 3.8) is 0 Å². The highest BCUT2D eigenvalue weighted by molar-refractivity contribution is 5.85. The lowest BCUT2D eigenvalue weighted by Crippen LogP contribution is -2.36. The molecule has 2 aromatic carbocycles. The quantitative estimate of drug-likeness (QED) is 0.468. The van der Waals surface area contributed by atoms with Crippen LogP contribution in [0.25, 0.3) is 0 Å². The number of alkyl halides is 3. The summed E-state index contributed by atoms with van der Waals surface area (Å²) in [5, 5.41) is 2.90. The van der Waals surface area contributed by atoms with Gasteiger partial charge < -0.3 is 10.1 Å². The number of aromatic nitrogens is 1. The summed E-state index contributed by atoms with van der Waals surface area (Å²) in [6.45, 7) is 5.10. The Morgan fingerprint density at radius 1 is 0.971 bits per heavy atom. The van der Waals surface area contributed by atoms with Gasteiger partial charge in [-0.3, -0.25) is 14.6 Å². The molecule has 1 N–H and O–H groups in total. The van der Waals surface area contributed by atoms with Crippen molar-refractivity contribution in [2.24, 2.45) is 0 Å². The Kier molecular flexibility index (Phi) is 7.71. The average Bonchev–Trinajstić information content (AvgIpc) is 2.79. The Morgan fingerprint density at radius 3 is 2.24 bits per heavy atom. The number of nitrogens with one attached hydrogen (secondary N) is 1. The first-order valence-electron chi connectivity index (χ1n) is 10.7. The highest BCUT2D eigenvalue weighted by atomic mass is 19.4. The van der Waals surface area contributed by atoms with Crippen LogP contribution in [-0.2, 0) is 26.9 Å². The van der Waals surface area contributed by atoms with E-state index in [9.17, 15) is 22.8 Å². The second kappa shape index (κ2) is 10.5. The van der Waals surface area contributed by atoms with Crippen molar-refractivity contribution in [1.82, 2.24) is 10.3 Å². The molecule has 0 saturated heterocycles. The van der Waals surface area contributed by atoms with Gasteiger partial charge in [0.05, 0.1) is 11.6 Å². The lowest BCUT2D eigenvalue weighted by atomic mass is 9.97. The number of carbonyl (C=O) groups is 2. The number of benzene rings is 2. The van der Waals surface area contributed by atoms with Crippen molar-refractivity contribution in [2.75, 3.05) is 0 Å². The molecule has 178 valence electrons. The zero-order chi connectivity index (χ0) is 24.9. The van der Waals surface area contributed by atoms with Crippen LogP contribution in [0.2, 0.25) is 0 Å². The van der Waals surface area contributed by atoms with Gasteiger partial charge in [-0.05, 0) is 42.7 Å². The number of amides is 1. The fraction of sp³-hybridized carbons (Fsp3) is 0.269. The van der Waals surface area contributed by atoms with E-state index in [1.54, 1.807) is 30.3 Å². The Balaban J connectivity index is 1.92. The molecule has 0 spiro atoms. The van der Waals surface area contributed by atoms with Gasteiger partial charge in [-0.15, -0.1) is 0 Å². The van der Waals surface area contributed by atoms with Crippen molar-refractivity contribution in [1.29, 1.82) is 0 Å². The van der Waals surface area contributed by atoms with Crippen LogP contribution in [0.1, 0.15) is 52.6 Å². The maximum absolute atomic E-state index is 13.2. The zero-order valence-corrected chi connectivity index (χ0v) is 19.0. The summed E-state index contributed by atoms with van der Waals surface area (Å²) in [5.41, 5.74) is 2.84. The van der Waals surface area contributed by atoms with Crippen LogP contribution in [0.5, 0.6) is 0 Å². The monoisotopic (exact) mass is 470 g/mol. The van der Waals surface area contributed by atoms with Crippen LogP contribution in [0.4, 0.5) is 13.2 Å². The summed E-state index contributed by atoms with van der Waals surface area (Å²) < 4.78 is 44.0. The SMILES string of the molecule is CC(=O)OC(C(=O)N[C@@H](Cc1ccc(C(F)(F)F)cn1)c1ccc(C)c(C)c1)c1ccccc1. The standard InChI is InChI=1S/C26H25F3N2O3/c1-16-9-10-20(13-17(16)2)23(14-22-12-11-21(15-30-22)26(27,28)29)31-25(33)24(34-18(3)32)19-7-5-4-6-8-19/h4-13,15,23-24H,14H2,1-3H3,(H,31,33)/t23-,24?/m0/s1. The summed E-state index contributed by atoms with van der Waals surface area (Å²) in [5.74, 6) is -1.16. The molecule has 0 radical (unpaired) electrons. The Labute approximate surface area is 196 Å². The summed E-state index contributed by atoms with van der Waals surface area (Å²) in [6.07, 6.45) is -4.73. The zero-order valence-electron chi connectivity index (χ0n) is 19.0. The van der Waals surface area contributed by atoms with Crippen LogP contribution in [0, 0.1) is 13.8 Å². The molecule has 3 rings (SSSR count). The average molecular weight is 470 g/mol. The molecule has 0 aliphatic carbocycles. The maximum Gasteiger partial charge on any atom is 0.417 e. The van der Waals surface area contributed by atoms with E-state index in [4.69, 9.17) is 4.74 Å². The molecule has 1 unspecified atom stereocenters. The third-order valence-corrected chi connectivity index (χ3v) is 5.44. The number of halogens is 3. The molecule has 0 aliphatic heterocycles. The van der Waals surface area contributed by atoms with Crippen LogP contribution in [-0.4, -0.2) is 16.9 Å². The van der Waals surface area contributed by atoms with Crippen molar-refractivity contribution in [2.45, 2.75) is 45.5 Å². The van der Waals surface area contributed by atoms with Gasteiger partial charge in [0, 0.05) is 30.8 Å². The number of esters is 1. The smallest absolute Gasteiger partial charge is 0.417 e. The number of carbonyl (C=O) groups excluding carboxylic acids is 2. The third kappa shape index (κ3) is 6.43. The van der Waals surface area contributed by atoms with E-state index in [0.717, 1.165) is 29.0 Å². The van der Waals surface area contributed by atoms with E-state index in [0.29, 0.717) is 11.3 Å². The molecule has 3 aromatic rings. The minimum absolute atomic E-state index is 0.147. The molecule has 0 bridgehead atoms. The highest BCUT2D eigenvalue weighted by Gasteiger charge is 2.31. The molecule has 34 heavy (non-hydrogen) atoms. The summed E-state index contributed by atoms with van der Waals surface area (Å²) in [4.78, 5) is 28.9. The van der Waals surface area contributed by atoms with Gasteiger partial charge >= 0.3 is 12.1 Å². The molecular formula is C26H25F3N2O3. The third-order valence-electron chi connectivity index (χ3n) is 5.44. The van der Waals surface area contributed by atoms with Gasteiger partial charge in [-0.25, -0.2) is 0 Å². The number of aryl methyl sites for hydroxylation is 2. The molecule has 1 amide bonds. The number of nitrogens with zero attached hydrogens (tertiary/aromatic N) is 1. The molecule has 0 aliphatic rings. The first-order valence-corrected chi connectivity index (χ1v) is 10.7. The number of hydrogen-bond acceptors (Lipinski definition) is 4. The van der Waals surface area contributed by atoms with E-state index in [1.807, 2.05) is 32.0 Å². The molecule has 1 heterocycles. The molecule has 0 saturated carbocycles. The normalized spacial score (nSPS) is 13.1. The van der Waals surface area contributed by atoms with E-state index in [1.165, 1.54) is 13.0 Å². The van der Waals surface area contributed by atoms with E-state index >= 15 is 0 Å². The van der Waals surface area contributed by atoms with Crippen molar-refractivity contribution in [3.8, 4) is 0 Å². The number of hydrogen-bond donors (Lipinski definition) is 1. The molecular weight excluding hydrogens is 445 g/mol. The Bertz CT molecular complexity index is 1150. The van der Waals surface area contributed by atoms with E-state index in [-0.39, 0.29) is 6.42 Å². The van der Waals surface area contributed by atoms with Gasteiger partial charge in [0.1, 0.15) is 0 Å². The highest BCUT2D eigenvalue weighted by Crippen LogP contribution is 2.29. The molecule has 1 aromatic heterocycles. The number of pyridine rings is 1. The van der Waals surface area contributed by atoms with Gasteiger partial charge in [0.2, 0.25) is 6.10 Å². The van der Waals surface area contributed by atoms with Gasteiger partial charge in [-0.2, -0.15) is 13.2 Å². The number of ether oxygens (including phenoxy) is 1. The second-order valence-corrected chi connectivity index (χ2v) is 8.05. The molecule has 8 heteroatoms. The first kappa shape index (κ1) is 25.0. The minimum Gasteiger partial charge on any atom is -0.447 e. The molecule has 2 atom stereocenters. The van der Waals surface area contributed by atoms with Crippen LogP contribution >= 0.6 is 0 Å². The predicted molar refractivity (Wildman–Crippen MR) is 121 cm³/mol. The van der Waals surface area contributed by atoms with E-state index < -0.39 is 35.8 Å². The fourth-order valence-corrected chi connectivity index (χ4v) is 3.47. The van der Waals surface area contributed by atoms with Crippen LogP contribution < -0.4 is 5.32 Å². The van der Waals surface area contributed by atoms with Crippen LogP contribution in [0.3, 0.4) is 0 Å². The Hall–Kier alpha value is -3.68. The topological polar surface area (TPSA) is 68.3 Å². The lowest BCUT2D eigenvalue weighted by molar-refractivity contribution is -0.154. The van der Waals surface area contributed by atoms with Crippen molar-refractivity contribution in [3.05, 3.63) is 100 Å². The van der Waals surface area contributed by atoms with Gasteiger partial charge in [0.15, 0.2) is 0 Å². The second-order valence-electron chi connectivity index (χ2n) is 8.05. The number of rotatable bonds is 7. The van der Waals surface area contributed by atoms with Gasteiger partial charge in [-0.1, -0.05) is 48.5 Å². The van der Waals surface area contributed by atoms with Crippen LogP contribution in [0.15, 0.2) is 66.9 Å². The van der Waals surface area contributed by atoms with Gasteiger partial charge in [0.25, 0.3) is 5.91 Å². The minimum atomic E-state index is -4.49. The summed E-state index contributed by atoms with van der Waals surface area (Å²) in [6, 6.07) is 15.9. The maximum atomic E-state index is 13.2.